The minimum absolute atomic E-state index is 0.00659. The van der Waals surface area contributed by atoms with E-state index in [1.807, 2.05) is 12.1 Å². The van der Waals surface area contributed by atoms with Gasteiger partial charge in [-0.1, -0.05) is 30.3 Å². The second-order valence-electron chi connectivity index (χ2n) is 7.50. The van der Waals surface area contributed by atoms with Crippen molar-refractivity contribution in [3.63, 3.8) is 0 Å². The number of halogens is 3. The van der Waals surface area contributed by atoms with Gasteiger partial charge < -0.3 is 5.32 Å². The number of benzene rings is 2. The van der Waals surface area contributed by atoms with Crippen molar-refractivity contribution in [3.05, 3.63) is 89.1 Å². The Morgan fingerprint density at radius 3 is 2.27 bits per heavy atom. The van der Waals surface area contributed by atoms with Crippen molar-refractivity contribution >= 4 is 21.6 Å². The Bertz CT molecular complexity index is 1350. The lowest BCUT2D eigenvalue weighted by atomic mass is 10.1. The monoisotopic (exact) mass is 473 g/mol. The molecule has 10 heteroatoms. The van der Waals surface area contributed by atoms with Crippen LogP contribution in [-0.4, -0.2) is 19.3 Å². The van der Waals surface area contributed by atoms with E-state index >= 15 is 0 Å². The minimum Gasteiger partial charge on any atom is -0.325 e. The van der Waals surface area contributed by atoms with E-state index in [-0.39, 0.29) is 17.2 Å². The van der Waals surface area contributed by atoms with E-state index in [1.54, 1.807) is 18.2 Å². The van der Waals surface area contributed by atoms with Gasteiger partial charge >= 0.3 is 6.18 Å². The van der Waals surface area contributed by atoms with Crippen LogP contribution in [0.1, 0.15) is 22.4 Å². The van der Waals surface area contributed by atoms with E-state index in [9.17, 15) is 26.4 Å². The van der Waals surface area contributed by atoms with Crippen molar-refractivity contribution in [2.24, 2.45) is 5.14 Å². The number of alkyl halides is 3. The molecule has 0 unspecified atom stereocenters. The van der Waals surface area contributed by atoms with Crippen LogP contribution in [0.3, 0.4) is 0 Å². The first kappa shape index (κ1) is 22.7. The number of primary sulfonamides is 1. The van der Waals surface area contributed by atoms with Gasteiger partial charge in [-0.05, 0) is 42.0 Å². The van der Waals surface area contributed by atoms with Crippen molar-refractivity contribution < 1.29 is 26.4 Å². The summed E-state index contributed by atoms with van der Waals surface area (Å²) < 4.78 is 60.8. The fourth-order valence-corrected chi connectivity index (χ4v) is 4.01. The number of nitrogens with one attached hydrogen (secondary N) is 1. The number of nitrogens with two attached hydrogens (primary N) is 1. The average molecular weight is 473 g/mol. The first-order valence-electron chi connectivity index (χ1n) is 9.80. The molecule has 170 valence electrons. The Hall–Kier alpha value is -3.50. The van der Waals surface area contributed by atoms with Crippen molar-refractivity contribution in [3.8, 4) is 11.3 Å². The number of amides is 1. The van der Waals surface area contributed by atoms with E-state index in [0.717, 1.165) is 23.4 Å². The third-order valence-electron chi connectivity index (χ3n) is 5.16. The van der Waals surface area contributed by atoms with Crippen LogP contribution in [0.15, 0.2) is 71.6 Å². The topological polar surface area (TPSA) is 102 Å². The van der Waals surface area contributed by atoms with Gasteiger partial charge in [0.15, 0.2) is 0 Å². The number of carbonyl (C=O) groups excluding carboxylic acids is 1. The van der Waals surface area contributed by atoms with Gasteiger partial charge in [-0.25, -0.2) is 13.6 Å². The molecule has 4 rings (SSSR count). The molecule has 0 atom stereocenters. The Morgan fingerprint density at radius 2 is 1.67 bits per heavy atom. The van der Waals surface area contributed by atoms with Gasteiger partial charge in [0.05, 0.1) is 28.3 Å². The summed E-state index contributed by atoms with van der Waals surface area (Å²) >= 11 is 0. The summed E-state index contributed by atoms with van der Waals surface area (Å²) in [7, 11) is -3.78. The number of hydrogen-bond donors (Lipinski definition) is 2. The fraction of sp³-hybridized carbons (Fsp3) is 0.130. The Morgan fingerprint density at radius 1 is 1.00 bits per heavy atom. The molecule has 1 amide bonds. The van der Waals surface area contributed by atoms with Gasteiger partial charge in [0.25, 0.3) is 0 Å². The van der Waals surface area contributed by atoms with Gasteiger partial charge in [-0.2, -0.15) is 13.2 Å². The molecule has 6 nitrogen and oxygen atoms in total. The summed E-state index contributed by atoms with van der Waals surface area (Å²) in [5.74, 6) is -0.350. The Labute approximate surface area is 188 Å². The van der Waals surface area contributed by atoms with Gasteiger partial charge in [0.2, 0.25) is 15.9 Å². The predicted octanol–water partition coefficient (Wildman–Crippen LogP) is 3.67. The quantitative estimate of drug-likeness (QED) is 0.590. The molecule has 33 heavy (non-hydrogen) atoms. The summed E-state index contributed by atoms with van der Waals surface area (Å²) in [4.78, 5) is 17.0. The van der Waals surface area contributed by atoms with Crippen molar-refractivity contribution in [1.29, 1.82) is 0 Å². The maximum absolute atomic E-state index is 12.7. The van der Waals surface area contributed by atoms with Gasteiger partial charge in [0, 0.05) is 23.2 Å². The van der Waals surface area contributed by atoms with Crippen LogP contribution in [-0.2, 0) is 33.8 Å². The molecule has 1 heterocycles. The minimum atomic E-state index is -4.42. The van der Waals surface area contributed by atoms with Crippen LogP contribution < -0.4 is 10.5 Å². The lowest BCUT2D eigenvalue weighted by Gasteiger charge is -2.10. The zero-order valence-electron chi connectivity index (χ0n) is 17.1. The maximum atomic E-state index is 12.7. The second-order valence-corrected chi connectivity index (χ2v) is 9.06. The highest BCUT2D eigenvalue weighted by Crippen LogP contribution is 2.30. The Kier molecular flexibility index (Phi) is 5.81. The lowest BCUT2D eigenvalue weighted by molar-refractivity contribution is -0.137. The molecule has 0 bridgehead atoms. The molecule has 3 N–H and O–H groups in total. The number of hydrogen-bond acceptors (Lipinski definition) is 4. The number of aromatic nitrogens is 1. The number of nitrogens with zero attached hydrogens (tertiary/aromatic N) is 1. The standard InChI is InChI=1S/C23H18F3N3O3S/c24-23(25,26)16-5-1-14(2-6-16)13-22(30)29-21-12-11-20-18(21)9-10-19(28-20)15-3-7-17(8-4-15)33(27,31)32/h1-10,12H,11,13H2,(H,29,30)(H2,27,31,32). The summed E-state index contributed by atoms with van der Waals surface area (Å²) in [5, 5.41) is 7.91. The predicted molar refractivity (Wildman–Crippen MR) is 116 cm³/mol. The van der Waals surface area contributed by atoms with Gasteiger partial charge in [0.1, 0.15) is 0 Å². The summed E-state index contributed by atoms with van der Waals surface area (Å²) in [6.07, 6.45) is -2.17. The second kappa shape index (κ2) is 8.45. The van der Waals surface area contributed by atoms with Crippen molar-refractivity contribution in [2.45, 2.75) is 23.9 Å². The number of fused-ring (bicyclic) bond motifs is 1. The SMILES string of the molecule is NS(=O)(=O)c1ccc(-c2ccc3c(n2)CC=C3NC(=O)Cc2ccc(C(F)(F)F)cc2)cc1. The molecular formula is C23H18F3N3O3S. The Balaban J connectivity index is 1.44. The zero-order valence-corrected chi connectivity index (χ0v) is 17.9. The first-order chi connectivity index (χ1) is 15.5. The molecule has 0 radical (unpaired) electrons. The van der Waals surface area contributed by atoms with E-state index < -0.39 is 21.8 Å². The number of allylic oxidation sites excluding steroid dienone is 1. The normalized spacial score (nSPS) is 13.4. The van der Waals surface area contributed by atoms with E-state index in [4.69, 9.17) is 5.14 Å². The number of carbonyl (C=O) groups is 1. The van der Waals surface area contributed by atoms with Crippen LogP contribution in [0.2, 0.25) is 0 Å². The highest BCUT2D eigenvalue weighted by atomic mass is 32.2. The van der Waals surface area contributed by atoms with Crippen LogP contribution in [0.5, 0.6) is 0 Å². The summed E-state index contributed by atoms with van der Waals surface area (Å²) in [5.41, 5.74) is 3.14. The molecule has 1 aliphatic rings. The summed E-state index contributed by atoms with van der Waals surface area (Å²) in [6, 6.07) is 14.1. The van der Waals surface area contributed by atoms with Crippen LogP contribution in [0, 0.1) is 0 Å². The third-order valence-corrected chi connectivity index (χ3v) is 6.09. The van der Waals surface area contributed by atoms with E-state index in [0.29, 0.717) is 28.9 Å². The summed E-state index contributed by atoms with van der Waals surface area (Å²) in [6.45, 7) is 0. The number of rotatable bonds is 5. The molecular weight excluding hydrogens is 455 g/mol. The van der Waals surface area contributed by atoms with Crippen molar-refractivity contribution in [2.75, 3.05) is 0 Å². The molecule has 0 aliphatic heterocycles. The molecule has 0 spiro atoms. The van der Waals surface area contributed by atoms with Gasteiger partial charge in [-0.3, -0.25) is 9.78 Å². The highest BCUT2D eigenvalue weighted by Gasteiger charge is 2.30. The van der Waals surface area contributed by atoms with E-state index in [1.165, 1.54) is 24.3 Å². The molecule has 0 saturated heterocycles. The van der Waals surface area contributed by atoms with Crippen molar-refractivity contribution in [1.82, 2.24) is 10.3 Å². The smallest absolute Gasteiger partial charge is 0.325 e. The zero-order chi connectivity index (χ0) is 23.8. The van der Waals surface area contributed by atoms with Gasteiger partial charge in [-0.15, -0.1) is 0 Å². The average Bonchev–Trinajstić information content (AvgIpc) is 3.15. The third kappa shape index (κ3) is 5.12. The molecule has 2 aromatic carbocycles. The molecule has 3 aromatic rings. The van der Waals surface area contributed by atoms with E-state index in [2.05, 4.69) is 10.3 Å². The highest BCUT2D eigenvalue weighted by molar-refractivity contribution is 7.89. The van der Waals surface area contributed by atoms with Crippen LogP contribution in [0.25, 0.3) is 17.0 Å². The fourth-order valence-electron chi connectivity index (χ4n) is 3.50. The lowest BCUT2D eigenvalue weighted by Crippen LogP contribution is -2.23. The first-order valence-corrected chi connectivity index (χ1v) is 11.3. The van der Waals surface area contributed by atoms with Crippen LogP contribution >= 0.6 is 0 Å². The molecule has 1 aromatic heterocycles. The largest absolute Gasteiger partial charge is 0.416 e. The number of pyridine rings is 1. The molecule has 0 saturated carbocycles. The molecule has 0 fully saturated rings. The van der Waals surface area contributed by atoms with Crippen LogP contribution in [0.4, 0.5) is 13.2 Å². The maximum Gasteiger partial charge on any atom is 0.416 e. The molecule has 1 aliphatic carbocycles. The number of sulfonamides is 1.